The average Bonchev–Trinajstić information content (AvgIpc) is 2.90. The number of benzene rings is 1. The van der Waals surface area contributed by atoms with Crippen LogP contribution >= 0.6 is 11.3 Å². The van der Waals surface area contributed by atoms with Gasteiger partial charge in [0.25, 0.3) is 0 Å². The van der Waals surface area contributed by atoms with E-state index in [1.807, 2.05) is 18.2 Å². The number of carboxylic acids is 1. The van der Waals surface area contributed by atoms with Crippen molar-refractivity contribution in [2.24, 2.45) is 0 Å². The fraction of sp³-hybridized carbons (Fsp3) is 0.267. The van der Waals surface area contributed by atoms with Crippen LogP contribution in [-0.2, 0) is 5.41 Å². The Labute approximate surface area is 120 Å². The van der Waals surface area contributed by atoms with Gasteiger partial charge in [-0.05, 0) is 24.3 Å². The van der Waals surface area contributed by atoms with Gasteiger partial charge in [0.1, 0.15) is 10.4 Å². The van der Waals surface area contributed by atoms with Gasteiger partial charge in [0.15, 0.2) is 5.69 Å². The normalized spacial score (nSPS) is 24.6. The van der Waals surface area contributed by atoms with E-state index in [0.29, 0.717) is 23.8 Å². The molecule has 0 aliphatic heterocycles. The molecule has 1 heterocycles. The van der Waals surface area contributed by atoms with Gasteiger partial charge in [-0.3, -0.25) is 0 Å². The maximum atomic E-state index is 10.9. The summed E-state index contributed by atoms with van der Waals surface area (Å²) in [6, 6.07) is 12.4. The van der Waals surface area contributed by atoms with Crippen LogP contribution in [0.25, 0.3) is 0 Å². The predicted octanol–water partition coefficient (Wildman–Crippen LogP) is 3.18. The number of thiazole rings is 1. The highest BCUT2D eigenvalue weighted by Gasteiger charge is 2.48. The molecule has 0 radical (unpaired) electrons. The molecule has 0 saturated heterocycles. The van der Waals surface area contributed by atoms with E-state index >= 15 is 0 Å². The Kier molecular flexibility index (Phi) is 3.03. The van der Waals surface area contributed by atoms with Crippen molar-refractivity contribution in [3.05, 3.63) is 52.0 Å². The van der Waals surface area contributed by atoms with Crippen molar-refractivity contribution >= 4 is 17.3 Å². The molecular weight excluding hydrogens is 272 g/mol. The Hall–Kier alpha value is -2.19. The maximum Gasteiger partial charge on any atom is 0.355 e. The molecule has 5 heteroatoms. The zero-order chi connectivity index (χ0) is 14.2. The van der Waals surface area contributed by atoms with E-state index < -0.39 is 11.4 Å². The van der Waals surface area contributed by atoms with Crippen LogP contribution in [0.3, 0.4) is 0 Å². The van der Waals surface area contributed by atoms with Crippen molar-refractivity contribution in [3.8, 4) is 6.07 Å². The summed E-state index contributed by atoms with van der Waals surface area (Å²) in [4.78, 5) is 15.0. The molecule has 100 valence electrons. The van der Waals surface area contributed by atoms with Gasteiger partial charge >= 0.3 is 5.97 Å². The minimum Gasteiger partial charge on any atom is -0.476 e. The number of nitriles is 1. The molecule has 1 aromatic carbocycles. The van der Waals surface area contributed by atoms with E-state index in [2.05, 4.69) is 23.2 Å². The number of carbonyl (C=O) groups is 1. The number of aromatic nitrogens is 1. The minimum atomic E-state index is -1.04. The topological polar surface area (TPSA) is 74.0 Å². The highest BCUT2D eigenvalue weighted by molar-refractivity contribution is 7.10. The first-order chi connectivity index (χ1) is 9.64. The summed E-state index contributed by atoms with van der Waals surface area (Å²) in [6.07, 6.45) is 1.42. The van der Waals surface area contributed by atoms with Crippen molar-refractivity contribution in [1.29, 1.82) is 5.26 Å². The van der Waals surface area contributed by atoms with E-state index in [0.717, 1.165) is 0 Å². The third-order valence-corrected chi connectivity index (χ3v) is 4.85. The molecular formula is C15H12N2O2S. The van der Waals surface area contributed by atoms with Crippen LogP contribution in [0.4, 0.5) is 0 Å². The molecule has 1 saturated carbocycles. The lowest BCUT2D eigenvalue weighted by molar-refractivity contribution is 0.0690. The van der Waals surface area contributed by atoms with Crippen LogP contribution < -0.4 is 0 Å². The number of hydrogen-bond acceptors (Lipinski definition) is 4. The number of hydrogen-bond donors (Lipinski definition) is 1. The molecule has 20 heavy (non-hydrogen) atoms. The van der Waals surface area contributed by atoms with Crippen LogP contribution in [0, 0.1) is 11.3 Å². The highest BCUT2D eigenvalue weighted by atomic mass is 32.1. The first kappa shape index (κ1) is 12.8. The summed E-state index contributed by atoms with van der Waals surface area (Å²) in [5.41, 5.74) is 0.648. The minimum absolute atomic E-state index is 0.0304. The van der Waals surface area contributed by atoms with Gasteiger partial charge in [-0.1, -0.05) is 30.3 Å². The molecule has 0 bridgehead atoms. The second kappa shape index (κ2) is 4.73. The van der Waals surface area contributed by atoms with Crippen LogP contribution in [0.5, 0.6) is 0 Å². The fourth-order valence-corrected chi connectivity index (χ4v) is 3.61. The van der Waals surface area contributed by atoms with Crippen molar-refractivity contribution < 1.29 is 9.90 Å². The third kappa shape index (κ3) is 1.98. The smallest absolute Gasteiger partial charge is 0.355 e. The molecule has 0 unspecified atom stereocenters. The molecule has 2 aromatic rings. The lowest BCUT2D eigenvalue weighted by atomic mass is 9.61. The molecule has 1 aliphatic carbocycles. The lowest BCUT2D eigenvalue weighted by Crippen LogP contribution is -2.38. The molecule has 0 spiro atoms. The highest BCUT2D eigenvalue weighted by Crippen LogP contribution is 2.52. The van der Waals surface area contributed by atoms with E-state index in [1.54, 1.807) is 0 Å². The van der Waals surface area contributed by atoms with Gasteiger partial charge in [0.2, 0.25) is 0 Å². The number of nitrogens with zero attached hydrogens (tertiary/aromatic N) is 2. The summed E-state index contributed by atoms with van der Waals surface area (Å²) >= 11 is 1.27. The zero-order valence-corrected chi connectivity index (χ0v) is 11.4. The molecule has 0 amide bonds. The van der Waals surface area contributed by atoms with Crippen LogP contribution in [0.2, 0.25) is 0 Å². The average molecular weight is 284 g/mol. The van der Waals surface area contributed by atoms with Crippen molar-refractivity contribution in [2.75, 3.05) is 0 Å². The van der Waals surface area contributed by atoms with Gasteiger partial charge in [-0.15, -0.1) is 11.3 Å². The Morgan fingerprint density at radius 3 is 2.65 bits per heavy atom. The largest absolute Gasteiger partial charge is 0.476 e. The maximum absolute atomic E-state index is 10.9. The molecule has 1 aliphatic rings. The molecule has 4 nitrogen and oxygen atoms in total. The second-order valence-electron chi connectivity index (χ2n) is 5.05. The van der Waals surface area contributed by atoms with E-state index in [-0.39, 0.29) is 5.69 Å². The summed E-state index contributed by atoms with van der Waals surface area (Å²) in [7, 11) is 0. The first-order valence-electron chi connectivity index (χ1n) is 6.30. The van der Waals surface area contributed by atoms with Crippen molar-refractivity contribution in [1.82, 2.24) is 4.98 Å². The van der Waals surface area contributed by atoms with Crippen molar-refractivity contribution in [2.45, 2.75) is 24.2 Å². The summed E-state index contributed by atoms with van der Waals surface area (Å²) in [5, 5.41) is 20.5. The summed E-state index contributed by atoms with van der Waals surface area (Å²) in [6.45, 7) is 0. The van der Waals surface area contributed by atoms with Gasteiger partial charge in [-0.25, -0.2) is 9.78 Å². The first-order valence-corrected chi connectivity index (χ1v) is 7.18. The standard InChI is InChI=1S/C15H12N2O2S/c16-9-15(14-17-12(8-20-14)13(18)19)6-11(7-15)10-4-2-1-3-5-10/h1-5,8,11H,6-7H2,(H,18,19). The van der Waals surface area contributed by atoms with E-state index in [4.69, 9.17) is 5.11 Å². The van der Waals surface area contributed by atoms with Gasteiger partial charge in [-0.2, -0.15) is 5.26 Å². The van der Waals surface area contributed by atoms with Crippen LogP contribution in [0.15, 0.2) is 35.7 Å². The van der Waals surface area contributed by atoms with Crippen molar-refractivity contribution in [3.63, 3.8) is 0 Å². The van der Waals surface area contributed by atoms with E-state index in [9.17, 15) is 10.1 Å². The predicted molar refractivity (Wildman–Crippen MR) is 74.8 cm³/mol. The number of rotatable bonds is 3. The lowest BCUT2D eigenvalue weighted by Gasteiger charge is -2.41. The molecule has 3 rings (SSSR count). The second-order valence-corrected chi connectivity index (χ2v) is 5.91. The Bertz CT molecular complexity index is 681. The van der Waals surface area contributed by atoms with Crippen LogP contribution in [0.1, 0.15) is 39.8 Å². The summed E-state index contributed by atoms with van der Waals surface area (Å²) < 4.78 is 0. The molecule has 1 N–H and O–H groups in total. The third-order valence-electron chi connectivity index (χ3n) is 3.81. The fourth-order valence-electron chi connectivity index (χ4n) is 2.65. The Morgan fingerprint density at radius 2 is 2.10 bits per heavy atom. The van der Waals surface area contributed by atoms with Gasteiger partial charge in [0, 0.05) is 5.38 Å². The molecule has 1 aromatic heterocycles. The van der Waals surface area contributed by atoms with Gasteiger partial charge < -0.3 is 5.11 Å². The number of aromatic carboxylic acids is 1. The Morgan fingerprint density at radius 1 is 1.40 bits per heavy atom. The Balaban J connectivity index is 1.82. The monoisotopic (exact) mass is 284 g/mol. The van der Waals surface area contributed by atoms with Crippen LogP contribution in [-0.4, -0.2) is 16.1 Å². The SMILES string of the molecule is N#CC1(c2nc(C(=O)O)cs2)CC(c2ccccc2)C1. The zero-order valence-electron chi connectivity index (χ0n) is 10.6. The van der Waals surface area contributed by atoms with Gasteiger partial charge in [0.05, 0.1) is 6.07 Å². The molecule has 0 atom stereocenters. The quantitative estimate of drug-likeness (QED) is 0.939. The molecule has 1 fully saturated rings. The number of carboxylic acid groups (broad SMARTS) is 1. The summed E-state index contributed by atoms with van der Waals surface area (Å²) in [5.74, 6) is -0.687. The van der Waals surface area contributed by atoms with E-state index in [1.165, 1.54) is 22.3 Å².